The maximum absolute atomic E-state index is 10.1. The molecule has 0 amide bonds. The van der Waals surface area contributed by atoms with Gasteiger partial charge in [0, 0.05) is 24.9 Å². The van der Waals surface area contributed by atoms with Gasteiger partial charge in [0.2, 0.25) is 0 Å². The fourth-order valence-electron chi connectivity index (χ4n) is 2.24. The minimum atomic E-state index is -0.453. The monoisotopic (exact) mass is 207 g/mol. The van der Waals surface area contributed by atoms with Gasteiger partial charge in [-0.05, 0) is 31.4 Å². The minimum Gasteiger partial charge on any atom is -0.390 e. The number of aromatic nitrogens is 1. The number of nitrogens with zero attached hydrogens (tertiary/aromatic N) is 1. The molecule has 3 heteroatoms. The van der Waals surface area contributed by atoms with Gasteiger partial charge in [0.05, 0.1) is 12.2 Å². The molecule has 0 saturated carbocycles. The topological polar surface area (TPSA) is 42.4 Å². The van der Waals surface area contributed by atoms with Crippen molar-refractivity contribution in [1.29, 1.82) is 0 Å². The number of pyridine rings is 1. The van der Waals surface area contributed by atoms with E-state index >= 15 is 0 Å². The van der Waals surface area contributed by atoms with Crippen LogP contribution in [0.25, 0.3) is 0 Å². The molecule has 0 spiro atoms. The number of methoxy groups -OCH3 is 1. The van der Waals surface area contributed by atoms with Gasteiger partial charge in [-0.25, -0.2) is 0 Å². The van der Waals surface area contributed by atoms with E-state index in [1.807, 2.05) is 13.0 Å². The normalized spacial score (nSPS) is 23.5. The second kappa shape index (κ2) is 4.29. The lowest BCUT2D eigenvalue weighted by Gasteiger charge is -2.23. The number of fused-ring (bicyclic) bond motifs is 1. The summed E-state index contributed by atoms with van der Waals surface area (Å²) in [6, 6.07) is 4.04. The lowest BCUT2D eigenvalue weighted by molar-refractivity contribution is -0.0148. The lowest BCUT2D eigenvalue weighted by atomic mass is 9.96. The van der Waals surface area contributed by atoms with Gasteiger partial charge in [0.25, 0.3) is 0 Å². The molecule has 0 radical (unpaired) electrons. The molecule has 3 nitrogen and oxygen atoms in total. The van der Waals surface area contributed by atoms with E-state index in [-0.39, 0.29) is 12.0 Å². The van der Waals surface area contributed by atoms with E-state index in [1.54, 1.807) is 13.3 Å². The summed E-state index contributed by atoms with van der Waals surface area (Å²) in [7, 11) is 1.63. The van der Waals surface area contributed by atoms with E-state index in [0.717, 1.165) is 18.5 Å². The van der Waals surface area contributed by atoms with Crippen molar-refractivity contribution in [2.75, 3.05) is 7.11 Å². The van der Waals surface area contributed by atoms with Crippen molar-refractivity contribution in [3.63, 3.8) is 0 Å². The van der Waals surface area contributed by atoms with Crippen LogP contribution in [0.1, 0.15) is 30.5 Å². The minimum absolute atomic E-state index is 0.135. The summed E-state index contributed by atoms with van der Waals surface area (Å²) < 4.78 is 5.16. The summed E-state index contributed by atoms with van der Waals surface area (Å²) in [5, 5.41) is 10.1. The molecule has 1 N–H and O–H groups in total. The van der Waals surface area contributed by atoms with E-state index in [1.165, 1.54) is 5.56 Å². The summed E-state index contributed by atoms with van der Waals surface area (Å²) in [5.41, 5.74) is 2.32. The Hall–Kier alpha value is -0.930. The highest BCUT2D eigenvalue weighted by Gasteiger charge is 2.32. The van der Waals surface area contributed by atoms with E-state index < -0.39 is 6.10 Å². The Labute approximate surface area is 90.1 Å². The van der Waals surface area contributed by atoms with Gasteiger partial charge < -0.3 is 9.84 Å². The molecule has 0 aliphatic heterocycles. The smallest absolute Gasteiger partial charge is 0.0882 e. The van der Waals surface area contributed by atoms with Crippen molar-refractivity contribution in [3.05, 3.63) is 29.6 Å². The van der Waals surface area contributed by atoms with Crippen molar-refractivity contribution < 1.29 is 9.84 Å². The van der Waals surface area contributed by atoms with Crippen LogP contribution in [0.4, 0.5) is 0 Å². The maximum Gasteiger partial charge on any atom is 0.0882 e. The highest BCUT2D eigenvalue weighted by atomic mass is 16.5. The first-order valence-corrected chi connectivity index (χ1v) is 5.38. The average Bonchev–Trinajstić information content (AvgIpc) is 2.70. The van der Waals surface area contributed by atoms with Crippen LogP contribution >= 0.6 is 0 Å². The number of hydrogen-bond donors (Lipinski definition) is 1. The Kier molecular flexibility index (Phi) is 3.03. The van der Waals surface area contributed by atoms with Crippen LogP contribution in [0.15, 0.2) is 18.3 Å². The first-order chi connectivity index (χ1) is 7.24. The molecule has 82 valence electrons. The third-order valence-corrected chi connectivity index (χ3v) is 3.27. The zero-order valence-corrected chi connectivity index (χ0v) is 9.18. The Balaban J connectivity index is 2.20. The van der Waals surface area contributed by atoms with Crippen LogP contribution in [0.3, 0.4) is 0 Å². The van der Waals surface area contributed by atoms with E-state index in [4.69, 9.17) is 4.74 Å². The van der Waals surface area contributed by atoms with E-state index in [2.05, 4.69) is 11.1 Å². The second-order valence-electron chi connectivity index (χ2n) is 4.12. The molecule has 1 aliphatic carbocycles. The number of rotatable bonds is 3. The van der Waals surface area contributed by atoms with Crippen LogP contribution in [-0.2, 0) is 11.2 Å². The quantitative estimate of drug-likeness (QED) is 0.817. The molecule has 0 saturated heterocycles. The lowest BCUT2D eigenvalue weighted by Crippen LogP contribution is -2.30. The number of ether oxygens (including phenoxy) is 1. The third kappa shape index (κ3) is 1.90. The van der Waals surface area contributed by atoms with Crippen molar-refractivity contribution in [2.24, 2.45) is 0 Å². The highest BCUT2D eigenvalue weighted by Crippen LogP contribution is 2.34. The highest BCUT2D eigenvalue weighted by molar-refractivity contribution is 5.29. The molecule has 3 unspecified atom stereocenters. The third-order valence-electron chi connectivity index (χ3n) is 3.27. The van der Waals surface area contributed by atoms with Gasteiger partial charge in [-0.15, -0.1) is 0 Å². The predicted octanol–water partition coefficient (Wildman–Crippen LogP) is 1.51. The fraction of sp³-hybridized carbons (Fsp3) is 0.583. The summed E-state index contributed by atoms with van der Waals surface area (Å²) >= 11 is 0. The Morgan fingerprint density at radius 3 is 3.13 bits per heavy atom. The Morgan fingerprint density at radius 2 is 2.40 bits per heavy atom. The van der Waals surface area contributed by atoms with Crippen LogP contribution in [-0.4, -0.2) is 29.4 Å². The zero-order chi connectivity index (χ0) is 10.8. The largest absolute Gasteiger partial charge is 0.390 e. The standard InChI is InChI=1S/C12H17NO2/c1-8(15-2)12(14)10-6-5-9-4-3-7-13-11(9)10/h3-4,7-8,10,12,14H,5-6H2,1-2H3. The molecule has 1 aliphatic rings. The SMILES string of the molecule is COC(C)C(O)C1CCc2cccnc21. The molecule has 3 atom stereocenters. The summed E-state index contributed by atoms with van der Waals surface area (Å²) in [6.45, 7) is 1.89. The average molecular weight is 207 g/mol. The van der Waals surface area contributed by atoms with Gasteiger partial charge in [-0.2, -0.15) is 0 Å². The second-order valence-corrected chi connectivity index (χ2v) is 4.12. The van der Waals surface area contributed by atoms with E-state index in [9.17, 15) is 5.11 Å². The first kappa shape index (κ1) is 10.6. The molecular formula is C12H17NO2. The van der Waals surface area contributed by atoms with E-state index in [0.29, 0.717) is 0 Å². The molecule has 1 heterocycles. The van der Waals surface area contributed by atoms with Crippen LogP contribution < -0.4 is 0 Å². The van der Waals surface area contributed by atoms with Gasteiger partial charge in [0.15, 0.2) is 0 Å². The molecule has 0 fully saturated rings. The summed E-state index contributed by atoms with van der Waals surface area (Å²) in [6.07, 6.45) is 3.19. The number of aryl methyl sites for hydroxylation is 1. The first-order valence-electron chi connectivity index (χ1n) is 5.38. The number of hydrogen-bond acceptors (Lipinski definition) is 3. The zero-order valence-electron chi connectivity index (χ0n) is 9.18. The van der Waals surface area contributed by atoms with Gasteiger partial charge in [-0.3, -0.25) is 4.98 Å². The van der Waals surface area contributed by atoms with Crippen LogP contribution in [0, 0.1) is 0 Å². The predicted molar refractivity (Wildman–Crippen MR) is 57.8 cm³/mol. The fourth-order valence-corrected chi connectivity index (χ4v) is 2.24. The van der Waals surface area contributed by atoms with Crippen LogP contribution in [0.5, 0.6) is 0 Å². The molecule has 0 bridgehead atoms. The molecule has 2 rings (SSSR count). The van der Waals surface area contributed by atoms with Crippen molar-refractivity contribution in [2.45, 2.75) is 37.9 Å². The summed E-state index contributed by atoms with van der Waals surface area (Å²) in [4.78, 5) is 4.36. The van der Waals surface area contributed by atoms with Gasteiger partial charge in [-0.1, -0.05) is 6.07 Å². The molecule has 15 heavy (non-hydrogen) atoms. The van der Waals surface area contributed by atoms with Gasteiger partial charge >= 0.3 is 0 Å². The van der Waals surface area contributed by atoms with Gasteiger partial charge in [0.1, 0.15) is 0 Å². The molecule has 0 aromatic carbocycles. The van der Waals surface area contributed by atoms with Crippen molar-refractivity contribution in [1.82, 2.24) is 4.98 Å². The Morgan fingerprint density at radius 1 is 1.60 bits per heavy atom. The van der Waals surface area contributed by atoms with Crippen molar-refractivity contribution in [3.8, 4) is 0 Å². The molecular weight excluding hydrogens is 190 g/mol. The molecule has 1 aromatic rings. The van der Waals surface area contributed by atoms with Crippen molar-refractivity contribution >= 4 is 0 Å². The number of aliphatic hydroxyl groups is 1. The number of aliphatic hydroxyl groups excluding tert-OH is 1. The summed E-state index contributed by atoms with van der Waals surface area (Å²) in [5.74, 6) is 0.135. The van der Waals surface area contributed by atoms with Crippen LogP contribution in [0.2, 0.25) is 0 Å². The Bertz CT molecular complexity index is 340. The molecule has 1 aromatic heterocycles. The maximum atomic E-state index is 10.1.